The molecular weight excluding hydrogens is 599 g/mol. The molecule has 1 amide bonds. The summed E-state index contributed by atoms with van der Waals surface area (Å²) in [7, 11) is 0. The highest BCUT2D eigenvalue weighted by Crippen LogP contribution is 2.48. The monoisotopic (exact) mass is 614 g/mol. The number of hydrogen-bond donors (Lipinski definition) is 0. The zero-order valence-corrected chi connectivity index (χ0v) is 22.6. The largest absolute Gasteiger partial charge is 0.482 e. The number of halogens is 8. The summed E-state index contributed by atoms with van der Waals surface area (Å²) in [5.74, 6) is 0.178. The molecule has 2 heterocycles. The molecule has 0 radical (unpaired) electrons. The highest BCUT2D eigenvalue weighted by atomic mass is 35.5. The lowest BCUT2D eigenvalue weighted by Crippen LogP contribution is -2.48. The lowest BCUT2D eigenvalue weighted by atomic mass is 10.1. The molecule has 1 fully saturated rings. The summed E-state index contributed by atoms with van der Waals surface area (Å²) in [6.07, 6.45) is -4.39. The van der Waals surface area contributed by atoms with Gasteiger partial charge in [-0.1, -0.05) is 76.2 Å². The van der Waals surface area contributed by atoms with Crippen LogP contribution in [0.2, 0.25) is 25.1 Å². The van der Waals surface area contributed by atoms with Crippen LogP contribution in [-0.4, -0.2) is 41.9 Å². The number of furan rings is 1. The number of nitrogens with zero attached hydrogens (tertiary/aromatic N) is 2. The van der Waals surface area contributed by atoms with Crippen LogP contribution in [0.4, 0.5) is 13.2 Å². The van der Waals surface area contributed by atoms with Crippen molar-refractivity contribution in [3.8, 4) is 5.75 Å². The van der Waals surface area contributed by atoms with Crippen molar-refractivity contribution in [3.63, 3.8) is 0 Å². The van der Waals surface area contributed by atoms with E-state index < -0.39 is 11.7 Å². The predicted molar refractivity (Wildman–Crippen MR) is 137 cm³/mol. The van der Waals surface area contributed by atoms with Gasteiger partial charge in [-0.05, 0) is 23.8 Å². The fraction of sp³-hybridized carbons (Fsp3) is 0.292. The molecule has 2 aromatic carbocycles. The van der Waals surface area contributed by atoms with Gasteiger partial charge < -0.3 is 14.1 Å². The quantitative estimate of drug-likeness (QED) is 0.207. The number of rotatable bonds is 6. The second-order valence-electron chi connectivity index (χ2n) is 8.22. The minimum atomic E-state index is -4.39. The SMILES string of the molecule is O=C(c1ccc(COc2c(Cl)c(Cl)c(Cl)c(Cl)c2Cl)o1)N1CCN(Cc2cccc(C(F)(F)F)c2)CC1. The standard InChI is InChI=1S/C24H18Cl5F3N2O3/c25-17-18(26)20(28)22(21(29)19(17)27)36-12-15-4-5-16(37-15)23(35)34-8-6-33(7-9-34)11-13-2-1-3-14(10-13)24(30,31)32/h1-5,10H,6-9,11-12H2. The number of hydrogen-bond acceptors (Lipinski definition) is 4. The third-order valence-corrected chi connectivity index (χ3v) is 7.96. The maximum Gasteiger partial charge on any atom is 0.416 e. The van der Waals surface area contributed by atoms with Crippen molar-refractivity contribution >= 4 is 63.9 Å². The van der Waals surface area contributed by atoms with Gasteiger partial charge in [-0.15, -0.1) is 0 Å². The van der Waals surface area contributed by atoms with Crippen LogP contribution >= 0.6 is 58.0 Å². The summed E-state index contributed by atoms with van der Waals surface area (Å²) in [6.45, 7) is 2.07. The first kappa shape index (κ1) is 28.2. The van der Waals surface area contributed by atoms with E-state index in [1.54, 1.807) is 17.0 Å². The summed E-state index contributed by atoms with van der Waals surface area (Å²) >= 11 is 30.4. The van der Waals surface area contributed by atoms with E-state index in [-0.39, 0.29) is 49.1 Å². The summed E-state index contributed by atoms with van der Waals surface area (Å²) in [6, 6.07) is 8.36. The van der Waals surface area contributed by atoms with Gasteiger partial charge in [0.1, 0.15) is 22.4 Å². The van der Waals surface area contributed by atoms with Crippen LogP contribution in [0.25, 0.3) is 0 Å². The minimum absolute atomic E-state index is 0.00440. The molecule has 1 aliphatic rings. The Morgan fingerprint density at radius 1 is 0.892 bits per heavy atom. The molecule has 0 spiro atoms. The van der Waals surface area contributed by atoms with Gasteiger partial charge >= 0.3 is 6.18 Å². The zero-order chi connectivity index (χ0) is 26.9. The molecule has 0 N–H and O–H groups in total. The normalized spacial score (nSPS) is 14.8. The number of carbonyl (C=O) groups is 1. The van der Waals surface area contributed by atoms with E-state index in [0.29, 0.717) is 44.0 Å². The van der Waals surface area contributed by atoms with Crippen LogP contribution in [0.15, 0.2) is 40.8 Å². The highest BCUT2D eigenvalue weighted by molar-refractivity contribution is 6.55. The molecule has 37 heavy (non-hydrogen) atoms. The third kappa shape index (κ3) is 6.44. The molecule has 1 aromatic heterocycles. The van der Waals surface area contributed by atoms with E-state index in [2.05, 4.69) is 0 Å². The second-order valence-corrected chi connectivity index (χ2v) is 10.1. The van der Waals surface area contributed by atoms with Crippen molar-refractivity contribution in [3.05, 3.63) is 84.2 Å². The van der Waals surface area contributed by atoms with Crippen LogP contribution in [-0.2, 0) is 19.3 Å². The maximum absolute atomic E-state index is 13.0. The zero-order valence-electron chi connectivity index (χ0n) is 18.8. The molecule has 0 bridgehead atoms. The third-order valence-electron chi connectivity index (χ3n) is 5.72. The number of piperazine rings is 1. The first-order valence-electron chi connectivity index (χ1n) is 10.9. The molecule has 5 nitrogen and oxygen atoms in total. The van der Waals surface area contributed by atoms with E-state index in [9.17, 15) is 18.0 Å². The number of benzene rings is 2. The van der Waals surface area contributed by atoms with Crippen LogP contribution in [0.3, 0.4) is 0 Å². The average Bonchev–Trinajstić information content (AvgIpc) is 3.35. The Morgan fingerprint density at radius 3 is 2.14 bits per heavy atom. The van der Waals surface area contributed by atoms with Crippen molar-refractivity contribution in [1.82, 2.24) is 9.80 Å². The van der Waals surface area contributed by atoms with E-state index in [1.165, 1.54) is 12.1 Å². The maximum atomic E-state index is 13.0. The lowest BCUT2D eigenvalue weighted by molar-refractivity contribution is -0.137. The van der Waals surface area contributed by atoms with Crippen LogP contribution in [0.1, 0.15) is 27.4 Å². The molecular formula is C24H18Cl5F3N2O3. The Balaban J connectivity index is 1.33. The van der Waals surface area contributed by atoms with Crippen molar-refractivity contribution in [2.75, 3.05) is 26.2 Å². The van der Waals surface area contributed by atoms with Crippen LogP contribution in [0.5, 0.6) is 5.75 Å². The fourth-order valence-corrected chi connectivity index (χ4v) is 5.02. The molecule has 1 saturated heterocycles. The first-order valence-corrected chi connectivity index (χ1v) is 12.8. The lowest BCUT2D eigenvalue weighted by Gasteiger charge is -2.34. The number of carbonyl (C=O) groups excluding carboxylic acids is 1. The number of alkyl halides is 3. The summed E-state index contributed by atoms with van der Waals surface area (Å²) in [5, 5.41) is -0.0178. The summed E-state index contributed by atoms with van der Waals surface area (Å²) in [5.41, 5.74) is -0.114. The smallest absolute Gasteiger partial charge is 0.416 e. The fourth-order valence-electron chi connectivity index (χ4n) is 3.79. The van der Waals surface area contributed by atoms with Gasteiger partial charge in [0.05, 0.1) is 20.6 Å². The Morgan fingerprint density at radius 2 is 1.51 bits per heavy atom. The molecule has 0 saturated carbocycles. The van der Waals surface area contributed by atoms with E-state index >= 15 is 0 Å². The number of amides is 1. The minimum Gasteiger partial charge on any atom is -0.482 e. The van der Waals surface area contributed by atoms with Gasteiger partial charge in [0.15, 0.2) is 11.5 Å². The Bertz CT molecular complexity index is 1280. The van der Waals surface area contributed by atoms with Gasteiger partial charge in [-0.3, -0.25) is 9.69 Å². The van der Waals surface area contributed by atoms with Crippen molar-refractivity contribution < 1.29 is 27.1 Å². The van der Waals surface area contributed by atoms with Crippen molar-refractivity contribution in [1.29, 1.82) is 0 Å². The Hall–Kier alpha value is -1.81. The molecule has 0 aliphatic carbocycles. The molecule has 0 unspecified atom stereocenters. The second kappa shape index (κ2) is 11.5. The van der Waals surface area contributed by atoms with Crippen LogP contribution < -0.4 is 4.74 Å². The Labute approximate surface area is 235 Å². The molecule has 0 atom stereocenters. The number of ether oxygens (including phenoxy) is 1. The highest BCUT2D eigenvalue weighted by Gasteiger charge is 2.31. The topological polar surface area (TPSA) is 45.9 Å². The van der Waals surface area contributed by atoms with Crippen molar-refractivity contribution in [2.45, 2.75) is 19.3 Å². The summed E-state index contributed by atoms with van der Waals surface area (Å²) in [4.78, 5) is 16.5. The molecule has 198 valence electrons. The van der Waals surface area contributed by atoms with Gasteiger partial charge in [0.2, 0.25) is 0 Å². The molecule has 13 heteroatoms. The average molecular weight is 617 g/mol. The molecule has 4 rings (SSSR count). The molecule has 3 aromatic rings. The van der Waals surface area contributed by atoms with E-state index in [0.717, 1.165) is 12.1 Å². The van der Waals surface area contributed by atoms with Gasteiger partial charge in [0, 0.05) is 32.7 Å². The summed E-state index contributed by atoms with van der Waals surface area (Å²) < 4.78 is 50.2. The van der Waals surface area contributed by atoms with Gasteiger partial charge in [-0.25, -0.2) is 0 Å². The molecule has 1 aliphatic heterocycles. The van der Waals surface area contributed by atoms with Gasteiger partial charge in [-0.2, -0.15) is 13.2 Å². The van der Waals surface area contributed by atoms with E-state index in [4.69, 9.17) is 67.2 Å². The van der Waals surface area contributed by atoms with Crippen LogP contribution in [0, 0.1) is 0 Å². The van der Waals surface area contributed by atoms with Crippen molar-refractivity contribution in [2.24, 2.45) is 0 Å². The first-order chi connectivity index (χ1) is 17.5. The van der Waals surface area contributed by atoms with E-state index in [1.807, 2.05) is 4.90 Å². The predicted octanol–water partition coefficient (Wildman–Crippen LogP) is 8.10. The van der Waals surface area contributed by atoms with Gasteiger partial charge in [0.25, 0.3) is 5.91 Å². The Kier molecular flexibility index (Phi) is 8.78.